The van der Waals surface area contributed by atoms with Crippen molar-refractivity contribution in [3.63, 3.8) is 0 Å². The first-order valence-corrected chi connectivity index (χ1v) is 4.56. The third-order valence-electron chi connectivity index (χ3n) is 2.56. The molecule has 1 aliphatic carbocycles. The van der Waals surface area contributed by atoms with Crippen LogP contribution in [0.5, 0.6) is 0 Å². The molecule has 0 saturated heterocycles. The fourth-order valence-electron chi connectivity index (χ4n) is 1.77. The molecule has 0 aliphatic heterocycles. The van der Waals surface area contributed by atoms with Crippen molar-refractivity contribution in [2.75, 3.05) is 0 Å². The largest absolute Gasteiger partial charge is 0.393 e. The SMILES string of the molecule is C=C1CCCC1CCC(C)O. The van der Waals surface area contributed by atoms with Gasteiger partial charge in [0, 0.05) is 0 Å². The minimum Gasteiger partial charge on any atom is -0.393 e. The van der Waals surface area contributed by atoms with Crippen LogP contribution in [0.25, 0.3) is 0 Å². The summed E-state index contributed by atoms with van der Waals surface area (Å²) in [5.74, 6) is 0.713. The van der Waals surface area contributed by atoms with E-state index in [4.69, 9.17) is 5.11 Å². The van der Waals surface area contributed by atoms with E-state index in [1.807, 2.05) is 6.92 Å². The number of hydrogen-bond donors (Lipinski definition) is 1. The lowest BCUT2D eigenvalue weighted by Gasteiger charge is -2.11. The molecule has 1 aliphatic rings. The molecule has 1 N–H and O–H groups in total. The van der Waals surface area contributed by atoms with Gasteiger partial charge in [-0.3, -0.25) is 0 Å². The van der Waals surface area contributed by atoms with Crippen LogP contribution in [-0.2, 0) is 0 Å². The van der Waals surface area contributed by atoms with Gasteiger partial charge < -0.3 is 5.11 Å². The number of hydrogen-bond acceptors (Lipinski definition) is 1. The Labute approximate surface area is 69.1 Å². The molecule has 0 bridgehead atoms. The monoisotopic (exact) mass is 154 g/mol. The number of rotatable bonds is 3. The highest BCUT2D eigenvalue weighted by Gasteiger charge is 2.18. The van der Waals surface area contributed by atoms with Gasteiger partial charge in [-0.15, -0.1) is 0 Å². The molecule has 0 aromatic rings. The number of aliphatic hydroxyl groups excluding tert-OH is 1. The van der Waals surface area contributed by atoms with Gasteiger partial charge in [-0.1, -0.05) is 12.2 Å². The molecule has 1 rings (SSSR count). The first-order valence-electron chi connectivity index (χ1n) is 4.56. The molecule has 11 heavy (non-hydrogen) atoms. The second-order valence-electron chi connectivity index (χ2n) is 3.67. The van der Waals surface area contributed by atoms with Gasteiger partial charge in [0.05, 0.1) is 6.10 Å². The van der Waals surface area contributed by atoms with Crippen LogP contribution in [0, 0.1) is 5.92 Å². The fourth-order valence-corrected chi connectivity index (χ4v) is 1.77. The highest BCUT2D eigenvalue weighted by atomic mass is 16.3. The molecule has 1 fully saturated rings. The van der Waals surface area contributed by atoms with Gasteiger partial charge in [0.1, 0.15) is 0 Å². The summed E-state index contributed by atoms with van der Waals surface area (Å²) < 4.78 is 0. The molecule has 1 heteroatoms. The predicted molar refractivity (Wildman–Crippen MR) is 47.4 cm³/mol. The predicted octanol–water partition coefficient (Wildman–Crippen LogP) is 2.50. The van der Waals surface area contributed by atoms with Crippen molar-refractivity contribution in [3.05, 3.63) is 12.2 Å². The standard InChI is InChI=1S/C10H18O/c1-8-4-3-5-10(8)7-6-9(2)11/h9-11H,1,3-7H2,2H3. The minimum absolute atomic E-state index is 0.136. The third-order valence-corrected chi connectivity index (χ3v) is 2.56. The lowest BCUT2D eigenvalue weighted by molar-refractivity contribution is 0.176. The molecule has 0 spiro atoms. The van der Waals surface area contributed by atoms with E-state index in [-0.39, 0.29) is 6.10 Å². The summed E-state index contributed by atoms with van der Waals surface area (Å²) in [7, 11) is 0. The van der Waals surface area contributed by atoms with E-state index in [0.717, 1.165) is 12.8 Å². The second kappa shape index (κ2) is 3.91. The smallest absolute Gasteiger partial charge is 0.0512 e. The van der Waals surface area contributed by atoms with E-state index in [0.29, 0.717) is 5.92 Å². The van der Waals surface area contributed by atoms with Crippen LogP contribution in [0.2, 0.25) is 0 Å². The van der Waals surface area contributed by atoms with Gasteiger partial charge in [0.15, 0.2) is 0 Å². The molecule has 64 valence electrons. The Morgan fingerprint density at radius 1 is 1.73 bits per heavy atom. The zero-order chi connectivity index (χ0) is 8.27. The number of aliphatic hydroxyl groups is 1. The maximum Gasteiger partial charge on any atom is 0.0512 e. The topological polar surface area (TPSA) is 20.2 Å². The first kappa shape index (κ1) is 8.79. The molecular formula is C10H18O. The molecule has 1 nitrogen and oxygen atoms in total. The Hall–Kier alpha value is -0.300. The summed E-state index contributed by atoms with van der Waals surface area (Å²) in [6.45, 7) is 5.89. The Balaban J connectivity index is 2.20. The highest BCUT2D eigenvalue weighted by Crippen LogP contribution is 2.33. The molecule has 0 amide bonds. The zero-order valence-corrected chi connectivity index (χ0v) is 7.34. The van der Waals surface area contributed by atoms with Crippen LogP contribution in [-0.4, -0.2) is 11.2 Å². The summed E-state index contributed by atoms with van der Waals surface area (Å²) in [6.07, 6.45) is 5.75. The van der Waals surface area contributed by atoms with Crippen molar-refractivity contribution in [1.29, 1.82) is 0 Å². The molecule has 0 aromatic heterocycles. The molecule has 2 unspecified atom stereocenters. The minimum atomic E-state index is -0.136. The van der Waals surface area contributed by atoms with Crippen LogP contribution in [0.1, 0.15) is 39.0 Å². The van der Waals surface area contributed by atoms with Crippen LogP contribution >= 0.6 is 0 Å². The average molecular weight is 154 g/mol. The maximum atomic E-state index is 9.07. The van der Waals surface area contributed by atoms with Crippen molar-refractivity contribution in [2.24, 2.45) is 5.92 Å². The maximum absolute atomic E-state index is 9.07. The first-order chi connectivity index (χ1) is 5.20. The molecule has 0 aromatic carbocycles. The van der Waals surface area contributed by atoms with E-state index in [1.165, 1.54) is 24.8 Å². The van der Waals surface area contributed by atoms with E-state index >= 15 is 0 Å². The van der Waals surface area contributed by atoms with Crippen LogP contribution in [0.4, 0.5) is 0 Å². The zero-order valence-electron chi connectivity index (χ0n) is 7.34. The summed E-state index contributed by atoms with van der Waals surface area (Å²) >= 11 is 0. The van der Waals surface area contributed by atoms with Gasteiger partial charge >= 0.3 is 0 Å². The summed E-state index contributed by atoms with van der Waals surface area (Å²) in [5, 5.41) is 9.07. The fraction of sp³-hybridized carbons (Fsp3) is 0.800. The molecule has 0 heterocycles. The molecular weight excluding hydrogens is 136 g/mol. The second-order valence-corrected chi connectivity index (χ2v) is 3.67. The van der Waals surface area contributed by atoms with Gasteiger partial charge in [0.2, 0.25) is 0 Å². The average Bonchev–Trinajstić information content (AvgIpc) is 2.31. The number of allylic oxidation sites excluding steroid dienone is 1. The van der Waals surface area contributed by atoms with E-state index in [2.05, 4.69) is 6.58 Å². The van der Waals surface area contributed by atoms with E-state index in [1.54, 1.807) is 0 Å². The van der Waals surface area contributed by atoms with E-state index in [9.17, 15) is 0 Å². The lowest BCUT2D eigenvalue weighted by atomic mass is 9.97. The van der Waals surface area contributed by atoms with Crippen LogP contribution in [0.15, 0.2) is 12.2 Å². The van der Waals surface area contributed by atoms with Crippen molar-refractivity contribution in [1.82, 2.24) is 0 Å². The van der Waals surface area contributed by atoms with E-state index < -0.39 is 0 Å². The molecule has 2 atom stereocenters. The van der Waals surface area contributed by atoms with Gasteiger partial charge in [-0.05, 0) is 44.9 Å². The summed E-state index contributed by atoms with van der Waals surface area (Å²) in [5.41, 5.74) is 1.41. The summed E-state index contributed by atoms with van der Waals surface area (Å²) in [6, 6.07) is 0. The lowest BCUT2D eigenvalue weighted by Crippen LogP contribution is -2.04. The highest BCUT2D eigenvalue weighted by molar-refractivity contribution is 5.05. The molecule has 1 saturated carbocycles. The van der Waals surface area contributed by atoms with Gasteiger partial charge in [0.25, 0.3) is 0 Å². The normalized spacial score (nSPS) is 27.5. The third kappa shape index (κ3) is 2.66. The Kier molecular flexibility index (Phi) is 3.13. The van der Waals surface area contributed by atoms with Crippen molar-refractivity contribution >= 4 is 0 Å². The summed E-state index contributed by atoms with van der Waals surface area (Å²) in [4.78, 5) is 0. The van der Waals surface area contributed by atoms with Crippen LogP contribution in [0.3, 0.4) is 0 Å². The molecule has 0 radical (unpaired) electrons. The van der Waals surface area contributed by atoms with Gasteiger partial charge in [-0.2, -0.15) is 0 Å². The van der Waals surface area contributed by atoms with Crippen molar-refractivity contribution < 1.29 is 5.11 Å². The van der Waals surface area contributed by atoms with Gasteiger partial charge in [-0.25, -0.2) is 0 Å². The van der Waals surface area contributed by atoms with Crippen molar-refractivity contribution in [3.8, 4) is 0 Å². The Morgan fingerprint density at radius 2 is 2.45 bits per heavy atom. The van der Waals surface area contributed by atoms with Crippen LogP contribution < -0.4 is 0 Å². The Morgan fingerprint density at radius 3 is 2.91 bits per heavy atom. The Bertz CT molecular complexity index is 138. The van der Waals surface area contributed by atoms with Crippen molar-refractivity contribution in [2.45, 2.75) is 45.1 Å². The quantitative estimate of drug-likeness (QED) is 0.619.